The van der Waals surface area contributed by atoms with Gasteiger partial charge in [0, 0.05) is 35.6 Å². The first-order valence-corrected chi connectivity index (χ1v) is 9.99. The van der Waals surface area contributed by atoms with Crippen LogP contribution in [0.4, 0.5) is 4.39 Å². The summed E-state index contributed by atoms with van der Waals surface area (Å²) in [7, 11) is 0. The molecule has 0 saturated carbocycles. The van der Waals surface area contributed by atoms with Gasteiger partial charge in [0.1, 0.15) is 10.7 Å². The number of thioether (sulfide) groups is 1. The molecule has 4 rings (SSSR count). The lowest BCUT2D eigenvalue weighted by molar-refractivity contribution is -0.131. The number of aliphatic carboxylic acids is 1. The van der Waals surface area contributed by atoms with Gasteiger partial charge in [0.05, 0.1) is 0 Å². The largest absolute Gasteiger partial charge is 0.477 e. The summed E-state index contributed by atoms with van der Waals surface area (Å²) >= 11 is 0.915. The van der Waals surface area contributed by atoms with E-state index in [9.17, 15) is 14.3 Å². The van der Waals surface area contributed by atoms with Gasteiger partial charge >= 0.3 is 5.97 Å². The van der Waals surface area contributed by atoms with Gasteiger partial charge in [-0.1, -0.05) is 30.3 Å². The van der Waals surface area contributed by atoms with Crippen molar-refractivity contribution < 1.29 is 18.7 Å². The summed E-state index contributed by atoms with van der Waals surface area (Å²) < 4.78 is 20.7. The number of carboxylic acids is 1. The van der Waals surface area contributed by atoms with E-state index in [4.69, 9.17) is 4.42 Å². The SMILES string of the molecule is Cc1nnc(S/C(=C\c2c(C)n(Cc3ccc(F)cc3)c3ccccc23)C(=O)O)o1. The van der Waals surface area contributed by atoms with Crippen LogP contribution in [0.25, 0.3) is 17.0 Å². The Labute approximate surface area is 176 Å². The van der Waals surface area contributed by atoms with Crippen LogP contribution in [0.2, 0.25) is 0 Å². The number of fused-ring (bicyclic) bond motifs is 1. The fourth-order valence-corrected chi connectivity index (χ4v) is 3.99. The number of rotatable bonds is 6. The summed E-state index contributed by atoms with van der Waals surface area (Å²) in [6.07, 6.45) is 1.63. The van der Waals surface area contributed by atoms with Crippen molar-refractivity contribution in [1.82, 2.24) is 14.8 Å². The first-order valence-electron chi connectivity index (χ1n) is 9.17. The smallest absolute Gasteiger partial charge is 0.342 e. The quantitative estimate of drug-likeness (QED) is 0.345. The highest BCUT2D eigenvalue weighted by atomic mass is 32.2. The maximum Gasteiger partial charge on any atom is 0.342 e. The van der Waals surface area contributed by atoms with Crippen molar-refractivity contribution in [3.05, 3.63) is 82.0 Å². The topological polar surface area (TPSA) is 81.2 Å². The molecule has 0 aliphatic carbocycles. The second kappa shape index (κ2) is 8.16. The predicted octanol–water partition coefficient (Wildman–Crippen LogP) is 5.05. The summed E-state index contributed by atoms with van der Waals surface area (Å²) in [5.74, 6) is -0.990. The number of aryl methyl sites for hydroxylation is 1. The minimum Gasteiger partial charge on any atom is -0.477 e. The Morgan fingerprint density at radius 2 is 1.90 bits per heavy atom. The normalized spacial score (nSPS) is 11.9. The number of para-hydroxylation sites is 1. The lowest BCUT2D eigenvalue weighted by Gasteiger charge is -2.09. The van der Waals surface area contributed by atoms with E-state index in [2.05, 4.69) is 14.8 Å². The maximum atomic E-state index is 13.3. The highest BCUT2D eigenvalue weighted by Crippen LogP contribution is 2.33. The van der Waals surface area contributed by atoms with Crippen molar-refractivity contribution >= 4 is 34.7 Å². The van der Waals surface area contributed by atoms with Crippen LogP contribution < -0.4 is 0 Å². The molecule has 0 fully saturated rings. The van der Waals surface area contributed by atoms with Crippen molar-refractivity contribution in [3.8, 4) is 0 Å². The van der Waals surface area contributed by atoms with E-state index in [1.54, 1.807) is 25.1 Å². The standard InChI is InChI=1S/C22H18FN3O3S/c1-13-18(11-20(21(27)28)30-22-25-24-14(2)29-22)17-5-3-4-6-19(17)26(13)12-15-7-9-16(23)10-8-15/h3-11H,12H2,1-2H3,(H,27,28)/b20-11-. The molecule has 0 saturated heterocycles. The van der Waals surface area contributed by atoms with Crippen LogP contribution in [0.5, 0.6) is 0 Å². The van der Waals surface area contributed by atoms with E-state index in [1.807, 2.05) is 31.2 Å². The Hall–Kier alpha value is -3.39. The summed E-state index contributed by atoms with van der Waals surface area (Å²) in [5.41, 5.74) is 3.62. The third kappa shape index (κ3) is 3.99. The summed E-state index contributed by atoms with van der Waals surface area (Å²) in [6.45, 7) is 4.13. The lowest BCUT2D eigenvalue weighted by Crippen LogP contribution is -2.02. The molecule has 1 N–H and O–H groups in total. The van der Waals surface area contributed by atoms with E-state index in [0.29, 0.717) is 12.4 Å². The maximum absolute atomic E-state index is 13.3. The average Bonchev–Trinajstić information content (AvgIpc) is 3.25. The molecule has 0 spiro atoms. The molecule has 0 radical (unpaired) electrons. The van der Waals surface area contributed by atoms with Gasteiger partial charge in [0.2, 0.25) is 5.89 Å². The number of carbonyl (C=O) groups is 1. The lowest BCUT2D eigenvalue weighted by atomic mass is 10.1. The number of nitrogens with zero attached hydrogens (tertiary/aromatic N) is 3. The molecule has 0 aliphatic rings. The summed E-state index contributed by atoms with van der Waals surface area (Å²) in [4.78, 5) is 11.9. The van der Waals surface area contributed by atoms with Gasteiger partial charge in [0.15, 0.2) is 0 Å². The fourth-order valence-electron chi connectivity index (χ4n) is 3.30. The molecular formula is C22H18FN3O3S. The molecular weight excluding hydrogens is 405 g/mol. The van der Waals surface area contributed by atoms with Gasteiger partial charge in [-0.15, -0.1) is 10.2 Å². The van der Waals surface area contributed by atoms with Crippen LogP contribution in [0.3, 0.4) is 0 Å². The average molecular weight is 423 g/mol. The van der Waals surface area contributed by atoms with E-state index >= 15 is 0 Å². The van der Waals surface area contributed by atoms with Crippen LogP contribution in [0.15, 0.2) is 63.1 Å². The third-order valence-corrected chi connectivity index (χ3v) is 5.58. The molecule has 152 valence electrons. The summed E-state index contributed by atoms with van der Waals surface area (Å²) in [5, 5.41) is 18.4. The zero-order chi connectivity index (χ0) is 21.3. The van der Waals surface area contributed by atoms with Crippen molar-refractivity contribution in [3.63, 3.8) is 0 Å². The highest BCUT2D eigenvalue weighted by Gasteiger charge is 2.18. The number of carboxylic acid groups (broad SMARTS) is 1. The molecule has 0 aliphatic heterocycles. The molecule has 0 bridgehead atoms. The van der Waals surface area contributed by atoms with Crippen LogP contribution in [-0.4, -0.2) is 25.8 Å². The number of aromatic nitrogens is 3. The Balaban J connectivity index is 1.79. The third-order valence-electron chi connectivity index (χ3n) is 4.72. The highest BCUT2D eigenvalue weighted by molar-refractivity contribution is 8.03. The van der Waals surface area contributed by atoms with E-state index in [-0.39, 0.29) is 15.9 Å². The minimum atomic E-state index is -1.08. The number of benzene rings is 2. The molecule has 30 heavy (non-hydrogen) atoms. The molecule has 2 heterocycles. The zero-order valence-corrected chi connectivity index (χ0v) is 17.1. The van der Waals surface area contributed by atoms with Crippen molar-refractivity contribution in [1.29, 1.82) is 0 Å². The molecule has 6 nitrogen and oxygen atoms in total. The zero-order valence-electron chi connectivity index (χ0n) is 16.3. The molecule has 0 atom stereocenters. The van der Waals surface area contributed by atoms with E-state index < -0.39 is 5.97 Å². The second-order valence-electron chi connectivity index (χ2n) is 6.73. The Kier molecular flexibility index (Phi) is 5.41. The van der Waals surface area contributed by atoms with Crippen LogP contribution in [0.1, 0.15) is 22.7 Å². The summed E-state index contributed by atoms with van der Waals surface area (Å²) in [6, 6.07) is 14.1. The number of halogens is 1. The molecule has 2 aromatic heterocycles. The van der Waals surface area contributed by atoms with E-state index in [1.165, 1.54) is 12.1 Å². The Morgan fingerprint density at radius 1 is 1.17 bits per heavy atom. The Morgan fingerprint density at radius 3 is 2.57 bits per heavy atom. The molecule has 0 amide bonds. The monoisotopic (exact) mass is 423 g/mol. The number of hydrogen-bond donors (Lipinski definition) is 1. The van der Waals surface area contributed by atoms with Crippen LogP contribution in [-0.2, 0) is 11.3 Å². The molecule has 4 aromatic rings. The van der Waals surface area contributed by atoms with Gasteiger partial charge in [-0.05, 0) is 48.5 Å². The predicted molar refractivity (Wildman–Crippen MR) is 113 cm³/mol. The molecule has 2 aromatic carbocycles. The van der Waals surface area contributed by atoms with Crippen molar-refractivity contribution in [2.45, 2.75) is 25.6 Å². The van der Waals surface area contributed by atoms with Gasteiger partial charge in [-0.25, -0.2) is 9.18 Å². The molecule has 0 unspecified atom stereocenters. The van der Waals surface area contributed by atoms with E-state index in [0.717, 1.165) is 39.5 Å². The number of hydrogen-bond acceptors (Lipinski definition) is 5. The van der Waals surface area contributed by atoms with Gasteiger partial charge in [0.25, 0.3) is 5.22 Å². The minimum absolute atomic E-state index is 0.0754. The first-order chi connectivity index (χ1) is 14.4. The fraction of sp³-hybridized carbons (Fsp3) is 0.136. The van der Waals surface area contributed by atoms with Gasteiger partial charge in [-0.2, -0.15) is 0 Å². The second-order valence-corrected chi connectivity index (χ2v) is 7.72. The Bertz CT molecular complexity index is 1260. The van der Waals surface area contributed by atoms with Gasteiger partial charge < -0.3 is 14.1 Å². The van der Waals surface area contributed by atoms with Crippen LogP contribution >= 0.6 is 11.8 Å². The van der Waals surface area contributed by atoms with Gasteiger partial charge in [-0.3, -0.25) is 0 Å². The first kappa shape index (κ1) is 19.9. The van der Waals surface area contributed by atoms with Crippen molar-refractivity contribution in [2.24, 2.45) is 0 Å². The van der Waals surface area contributed by atoms with Crippen molar-refractivity contribution in [2.75, 3.05) is 0 Å². The molecule has 8 heteroatoms. The van der Waals surface area contributed by atoms with Crippen LogP contribution in [0, 0.1) is 19.7 Å².